The molecule has 0 aliphatic heterocycles. The minimum absolute atomic E-state index is 0.195. The number of phenols is 2. The summed E-state index contributed by atoms with van der Waals surface area (Å²) in [6, 6.07) is 3.68. The summed E-state index contributed by atoms with van der Waals surface area (Å²) in [5.41, 5.74) is 6.49. The zero-order valence-corrected chi connectivity index (χ0v) is 12.5. The zero-order chi connectivity index (χ0) is 15.8. The van der Waals surface area contributed by atoms with E-state index in [1.807, 2.05) is 0 Å². The summed E-state index contributed by atoms with van der Waals surface area (Å²) in [5, 5.41) is 21.3. The molecule has 1 amide bonds. The number of nitrogens with two attached hydrogens (primary N) is 1. The molecule has 6 nitrogen and oxygen atoms in total. The Labute approximate surface area is 124 Å². The van der Waals surface area contributed by atoms with Gasteiger partial charge in [0.15, 0.2) is 11.5 Å². The number of nitrogens with one attached hydrogen (secondary N) is 1. The van der Waals surface area contributed by atoms with E-state index in [2.05, 4.69) is 19.2 Å². The molecule has 0 fully saturated rings. The average molecular weight is 296 g/mol. The summed E-state index contributed by atoms with van der Waals surface area (Å²) in [6.07, 6.45) is 0.284. The maximum absolute atomic E-state index is 11.8. The lowest BCUT2D eigenvalue weighted by molar-refractivity contribution is -0.122. The van der Waals surface area contributed by atoms with E-state index in [1.54, 1.807) is 6.07 Å². The third kappa shape index (κ3) is 6.46. The summed E-state index contributed by atoms with van der Waals surface area (Å²) in [4.78, 5) is 11.8. The molecule has 6 heteroatoms. The molecule has 1 atom stereocenters. The Hall–Kier alpha value is -1.79. The van der Waals surface area contributed by atoms with Gasteiger partial charge in [-0.3, -0.25) is 4.79 Å². The van der Waals surface area contributed by atoms with Crippen molar-refractivity contribution < 1.29 is 19.7 Å². The van der Waals surface area contributed by atoms with Crippen LogP contribution < -0.4 is 11.1 Å². The van der Waals surface area contributed by atoms with Gasteiger partial charge in [-0.25, -0.2) is 0 Å². The largest absolute Gasteiger partial charge is 0.504 e. The second-order valence-corrected chi connectivity index (χ2v) is 5.39. The Kier molecular flexibility index (Phi) is 6.98. The molecular formula is C15H24N2O4. The number of carbonyl (C=O) groups is 1. The lowest BCUT2D eigenvalue weighted by Gasteiger charge is -2.13. The molecule has 5 N–H and O–H groups in total. The van der Waals surface area contributed by atoms with Crippen LogP contribution in [0.2, 0.25) is 0 Å². The van der Waals surface area contributed by atoms with Crippen LogP contribution in [0.3, 0.4) is 0 Å². The highest BCUT2D eigenvalue weighted by atomic mass is 16.5. The minimum Gasteiger partial charge on any atom is -0.504 e. The Morgan fingerprint density at radius 1 is 1.33 bits per heavy atom. The molecule has 1 aromatic rings. The van der Waals surface area contributed by atoms with E-state index in [1.165, 1.54) is 12.1 Å². The van der Waals surface area contributed by atoms with Gasteiger partial charge in [0, 0.05) is 13.2 Å². The molecular weight excluding hydrogens is 272 g/mol. The third-order valence-electron chi connectivity index (χ3n) is 2.83. The number of hydrogen-bond donors (Lipinski definition) is 4. The van der Waals surface area contributed by atoms with E-state index in [9.17, 15) is 15.0 Å². The van der Waals surface area contributed by atoms with Gasteiger partial charge in [-0.2, -0.15) is 0 Å². The third-order valence-corrected chi connectivity index (χ3v) is 2.83. The summed E-state index contributed by atoms with van der Waals surface area (Å²) in [6.45, 7) is 5.65. The van der Waals surface area contributed by atoms with Crippen LogP contribution in [0.5, 0.6) is 11.5 Å². The molecule has 0 heterocycles. The fourth-order valence-corrected chi connectivity index (χ4v) is 1.74. The van der Waals surface area contributed by atoms with Crippen LogP contribution >= 0.6 is 0 Å². The first kappa shape index (κ1) is 17.3. The molecule has 1 rings (SSSR count). The van der Waals surface area contributed by atoms with Gasteiger partial charge >= 0.3 is 0 Å². The van der Waals surface area contributed by atoms with Gasteiger partial charge in [0.1, 0.15) is 0 Å². The minimum atomic E-state index is -0.709. The predicted octanol–water partition coefficient (Wildman–Crippen LogP) is 0.756. The topological polar surface area (TPSA) is 105 Å². The van der Waals surface area contributed by atoms with Gasteiger partial charge in [0.05, 0.1) is 12.6 Å². The molecule has 0 aliphatic carbocycles. The van der Waals surface area contributed by atoms with E-state index in [0.29, 0.717) is 31.2 Å². The van der Waals surface area contributed by atoms with Gasteiger partial charge in [-0.15, -0.1) is 0 Å². The van der Waals surface area contributed by atoms with Gasteiger partial charge in [-0.05, 0) is 30.0 Å². The number of rotatable bonds is 8. The zero-order valence-electron chi connectivity index (χ0n) is 12.5. The van der Waals surface area contributed by atoms with Crippen LogP contribution in [0.1, 0.15) is 19.4 Å². The highest BCUT2D eigenvalue weighted by Crippen LogP contribution is 2.25. The van der Waals surface area contributed by atoms with E-state index in [4.69, 9.17) is 10.5 Å². The Bertz CT molecular complexity index is 463. The highest BCUT2D eigenvalue weighted by Gasteiger charge is 2.14. The van der Waals surface area contributed by atoms with Crippen molar-refractivity contribution in [2.75, 3.05) is 19.8 Å². The SMILES string of the molecule is CC(C)COCCNC(=O)[C@@H](N)Cc1ccc(O)c(O)c1. The van der Waals surface area contributed by atoms with Crippen molar-refractivity contribution in [2.45, 2.75) is 26.3 Å². The quantitative estimate of drug-likeness (QED) is 0.419. The number of benzene rings is 1. The second kappa shape index (κ2) is 8.49. The van der Waals surface area contributed by atoms with E-state index < -0.39 is 6.04 Å². The lowest BCUT2D eigenvalue weighted by Crippen LogP contribution is -2.43. The standard InChI is InChI=1S/C15H24N2O4/c1-10(2)9-21-6-5-17-15(20)12(16)7-11-3-4-13(18)14(19)8-11/h3-4,8,10,12,18-19H,5-7,9,16H2,1-2H3,(H,17,20)/t12-/m0/s1. The molecule has 0 bridgehead atoms. The van der Waals surface area contributed by atoms with Crippen molar-refractivity contribution in [3.05, 3.63) is 23.8 Å². The van der Waals surface area contributed by atoms with Gasteiger partial charge in [0.2, 0.25) is 5.91 Å². The van der Waals surface area contributed by atoms with Crippen molar-refractivity contribution >= 4 is 5.91 Å². The smallest absolute Gasteiger partial charge is 0.237 e. The first-order valence-electron chi connectivity index (χ1n) is 7.02. The summed E-state index contributed by atoms with van der Waals surface area (Å²) < 4.78 is 5.36. The number of hydrogen-bond acceptors (Lipinski definition) is 5. The van der Waals surface area contributed by atoms with Crippen molar-refractivity contribution in [1.82, 2.24) is 5.32 Å². The van der Waals surface area contributed by atoms with E-state index >= 15 is 0 Å². The number of aromatic hydroxyl groups is 2. The van der Waals surface area contributed by atoms with Gasteiger partial charge < -0.3 is 26.0 Å². The number of amides is 1. The molecule has 0 unspecified atom stereocenters. The fourth-order valence-electron chi connectivity index (χ4n) is 1.74. The molecule has 118 valence electrons. The molecule has 0 saturated carbocycles. The fraction of sp³-hybridized carbons (Fsp3) is 0.533. The van der Waals surface area contributed by atoms with Crippen molar-refractivity contribution in [3.8, 4) is 11.5 Å². The monoisotopic (exact) mass is 296 g/mol. The van der Waals surface area contributed by atoms with Crippen LogP contribution in [0, 0.1) is 5.92 Å². The van der Waals surface area contributed by atoms with Gasteiger partial charge in [-0.1, -0.05) is 19.9 Å². The predicted molar refractivity (Wildman–Crippen MR) is 80.1 cm³/mol. The van der Waals surface area contributed by atoms with Crippen molar-refractivity contribution in [2.24, 2.45) is 11.7 Å². The maximum atomic E-state index is 11.8. The van der Waals surface area contributed by atoms with E-state index in [-0.39, 0.29) is 23.8 Å². The second-order valence-electron chi connectivity index (χ2n) is 5.39. The summed E-state index contributed by atoms with van der Waals surface area (Å²) in [7, 11) is 0. The van der Waals surface area contributed by atoms with Crippen LogP contribution in [0.15, 0.2) is 18.2 Å². The normalized spacial score (nSPS) is 12.4. The van der Waals surface area contributed by atoms with Crippen molar-refractivity contribution in [3.63, 3.8) is 0 Å². The Balaban J connectivity index is 2.32. The van der Waals surface area contributed by atoms with Crippen molar-refractivity contribution in [1.29, 1.82) is 0 Å². The Morgan fingerprint density at radius 3 is 2.67 bits per heavy atom. The highest BCUT2D eigenvalue weighted by molar-refractivity contribution is 5.81. The first-order chi connectivity index (χ1) is 9.90. The molecule has 1 aromatic carbocycles. The number of phenolic OH excluding ortho intramolecular Hbond substituents is 2. The van der Waals surface area contributed by atoms with Crippen LogP contribution in [-0.4, -0.2) is 41.9 Å². The molecule has 21 heavy (non-hydrogen) atoms. The first-order valence-corrected chi connectivity index (χ1v) is 7.02. The summed E-state index contributed by atoms with van der Waals surface area (Å²) in [5.74, 6) is -0.220. The summed E-state index contributed by atoms with van der Waals surface area (Å²) >= 11 is 0. The molecule has 0 spiro atoms. The molecule has 0 aromatic heterocycles. The van der Waals surface area contributed by atoms with Crippen LogP contribution in [-0.2, 0) is 16.0 Å². The van der Waals surface area contributed by atoms with E-state index in [0.717, 1.165) is 0 Å². The Morgan fingerprint density at radius 2 is 2.05 bits per heavy atom. The maximum Gasteiger partial charge on any atom is 0.237 e. The molecule has 0 radical (unpaired) electrons. The molecule has 0 aliphatic rings. The average Bonchev–Trinajstić information content (AvgIpc) is 2.42. The number of carbonyl (C=O) groups excluding carboxylic acids is 1. The van der Waals surface area contributed by atoms with Crippen LogP contribution in [0.25, 0.3) is 0 Å². The number of ether oxygens (including phenoxy) is 1. The lowest BCUT2D eigenvalue weighted by atomic mass is 10.1. The molecule has 0 saturated heterocycles. The van der Waals surface area contributed by atoms with Crippen LogP contribution in [0.4, 0.5) is 0 Å². The van der Waals surface area contributed by atoms with Gasteiger partial charge in [0.25, 0.3) is 0 Å².